The first-order chi connectivity index (χ1) is 8.81. The summed E-state index contributed by atoms with van der Waals surface area (Å²) in [5.41, 5.74) is 1.54. The van der Waals surface area contributed by atoms with Gasteiger partial charge in [0.05, 0.1) is 5.56 Å². The third-order valence-electron chi connectivity index (χ3n) is 2.49. The van der Waals surface area contributed by atoms with Crippen molar-refractivity contribution in [1.82, 2.24) is 15.3 Å². The molecule has 0 saturated carbocycles. The van der Waals surface area contributed by atoms with E-state index in [-0.39, 0.29) is 5.91 Å². The number of pyridine rings is 2. The first-order valence-electron chi connectivity index (χ1n) is 5.61. The number of nitrogens with zero attached hydrogens (tertiary/aromatic N) is 2. The third-order valence-corrected chi connectivity index (χ3v) is 2.49. The maximum absolute atomic E-state index is 12.0. The predicted molar refractivity (Wildman–Crippen MR) is 69.2 cm³/mol. The van der Waals surface area contributed by atoms with E-state index in [2.05, 4.69) is 20.6 Å². The summed E-state index contributed by atoms with van der Waals surface area (Å²) >= 11 is 0. The standard InChI is InChI=1S/C13H14N4O/c1-14-12-11(3-2-6-16-12)13(18)17-9-10-4-7-15-8-5-10/h2-8H,9H2,1H3,(H,14,16)(H,17,18). The van der Waals surface area contributed by atoms with Gasteiger partial charge in [-0.2, -0.15) is 0 Å². The highest BCUT2D eigenvalue weighted by Gasteiger charge is 2.10. The average molecular weight is 242 g/mol. The Bertz CT molecular complexity index is 528. The van der Waals surface area contributed by atoms with Gasteiger partial charge in [0.25, 0.3) is 5.91 Å². The Labute approximate surface area is 105 Å². The van der Waals surface area contributed by atoms with Gasteiger partial charge in [-0.1, -0.05) is 0 Å². The number of rotatable bonds is 4. The van der Waals surface area contributed by atoms with Gasteiger partial charge in [0.2, 0.25) is 0 Å². The van der Waals surface area contributed by atoms with Crippen LogP contribution in [-0.2, 0) is 6.54 Å². The second-order valence-corrected chi connectivity index (χ2v) is 3.69. The van der Waals surface area contributed by atoms with Crippen molar-refractivity contribution >= 4 is 11.7 Å². The molecule has 0 aliphatic carbocycles. The molecule has 0 aromatic carbocycles. The molecule has 0 radical (unpaired) electrons. The van der Waals surface area contributed by atoms with Crippen LogP contribution in [0.15, 0.2) is 42.9 Å². The molecular weight excluding hydrogens is 228 g/mol. The van der Waals surface area contributed by atoms with E-state index in [1.54, 1.807) is 37.8 Å². The summed E-state index contributed by atoms with van der Waals surface area (Å²) in [6.07, 6.45) is 5.04. The van der Waals surface area contributed by atoms with E-state index >= 15 is 0 Å². The molecule has 2 aromatic heterocycles. The summed E-state index contributed by atoms with van der Waals surface area (Å²) in [7, 11) is 1.74. The number of anilines is 1. The van der Waals surface area contributed by atoms with Gasteiger partial charge in [-0.25, -0.2) is 4.98 Å². The van der Waals surface area contributed by atoms with Crippen molar-refractivity contribution in [2.75, 3.05) is 12.4 Å². The van der Waals surface area contributed by atoms with Gasteiger partial charge in [-0.3, -0.25) is 9.78 Å². The zero-order valence-corrected chi connectivity index (χ0v) is 10.1. The molecule has 0 aliphatic rings. The Morgan fingerprint density at radius 3 is 2.72 bits per heavy atom. The quantitative estimate of drug-likeness (QED) is 0.851. The largest absolute Gasteiger partial charge is 0.372 e. The highest BCUT2D eigenvalue weighted by molar-refractivity contribution is 5.98. The van der Waals surface area contributed by atoms with Crippen molar-refractivity contribution in [1.29, 1.82) is 0 Å². The maximum atomic E-state index is 12.0. The number of amides is 1. The van der Waals surface area contributed by atoms with E-state index in [1.165, 1.54) is 0 Å². The van der Waals surface area contributed by atoms with Crippen LogP contribution in [-0.4, -0.2) is 22.9 Å². The fourth-order valence-electron chi connectivity index (χ4n) is 1.57. The number of aromatic nitrogens is 2. The summed E-state index contributed by atoms with van der Waals surface area (Å²) in [5, 5.41) is 5.74. The summed E-state index contributed by atoms with van der Waals surface area (Å²) in [4.78, 5) is 20.0. The molecule has 0 spiro atoms. The van der Waals surface area contributed by atoms with Crippen molar-refractivity contribution in [2.45, 2.75) is 6.54 Å². The van der Waals surface area contributed by atoms with Gasteiger partial charge >= 0.3 is 0 Å². The van der Waals surface area contributed by atoms with E-state index < -0.39 is 0 Å². The average Bonchev–Trinajstić information content (AvgIpc) is 2.45. The summed E-state index contributed by atoms with van der Waals surface area (Å²) < 4.78 is 0. The molecule has 5 heteroatoms. The minimum absolute atomic E-state index is 0.149. The topological polar surface area (TPSA) is 66.9 Å². The number of carbonyl (C=O) groups excluding carboxylic acids is 1. The lowest BCUT2D eigenvalue weighted by Gasteiger charge is -2.08. The molecule has 18 heavy (non-hydrogen) atoms. The minimum atomic E-state index is -0.149. The smallest absolute Gasteiger partial charge is 0.255 e. The molecule has 2 aromatic rings. The van der Waals surface area contributed by atoms with Gasteiger partial charge in [-0.05, 0) is 29.8 Å². The highest BCUT2D eigenvalue weighted by Crippen LogP contribution is 2.10. The summed E-state index contributed by atoms with van der Waals surface area (Å²) in [6, 6.07) is 7.20. The first-order valence-corrected chi connectivity index (χ1v) is 5.61. The second-order valence-electron chi connectivity index (χ2n) is 3.69. The fraction of sp³-hybridized carbons (Fsp3) is 0.154. The molecule has 0 fully saturated rings. The zero-order chi connectivity index (χ0) is 12.8. The van der Waals surface area contributed by atoms with Gasteiger partial charge in [0.1, 0.15) is 5.82 Å². The molecule has 0 atom stereocenters. The van der Waals surface area contributed by atoms with E-state index in [1.807, 2.05) is 12.1 Å². The molecule has 5 nitrogen and oxygen atoms in total. The van der Waals surface area contributed by atoms with E-state index in [0.29, 0.717) is 17.9 Å². The van der Waals surface area contributed by atoms with E-state index in [0.717, 1.165) is 5.56 Å². The van der Waals surface area contributed by atoms with Gasteiger partial charge < -0.3 is 10.6 Å². The maximum Gasteiger partial charge on any atom is 0.255 e. The van der Waals surface area contributed by atoms with Crippen LogP contribution in [0.3, 0.4) is 0 Å². The Morgan fingerprint density at radius 2 is 2.00 bits per heavy atom. The Balaban J connectivity index is 2.04. The highest BCUT2D eigenvalue weighted by atomic mass is 16.1. The monoisotopic (exact) mass is 242 g/mol. The van der Waals surface area contributed by atoms with Gasteiger partial charge in [-0.15, -0.1) is 0 Å². The number of nitrogens with one attached hydrogen (secondary N) is 2. The van der Waals surface area contributed by atoms with Crippen LogP contribution in [0.25, 0.3) is 0 Å². The molecule has 2 rings (SSSR count). The number of hydrogen-bond acceptors (Lipinski definition) is 4. The number of hydrogen-bond donors (Lipinski definition) is 2. The molecular formula is C13H14N4O. The van der Waals surface area contributed by atoms with Crippen LogP contribution in [0.2, 0.25) is 0 Å². The van der Waals surface area contributed by atoms with E-state index in [4.69, 9.17) is 0 Å². The van der Waals surface area contributed by atoms with Crippen LogP contribution in [0.5, 0.6) is 0 Å². The molecule has 0 aliphatic heterocycles. The normalized spacial score (nSPS) is 9.83. The minimum Gasteiger partial charge on any atom is -0.372 e. The molecule has 1 amide bonds. The predicted octanol–water partition coefficient (Wildman–Crippen LogP) is 1.45. The summed E-state index contributed by atoms with van der Waals surface area (Å²) in [6.45, 7) is 0.472. The lowest BCUT2D eigenvalue weighted by Crippen LogP contribution is -2.24. The fourth-order valence-corrected chi connectivity index (χ4v) is 1.57. The molecule has 0 bridgehead atoms. The van der Waals surface area contributed by atoms with Gasteiger partial charge in [0.15, 0.2) is 0 Å². The third kappa shape index (κ3) is 2.82. The Morgan fingerprint density at radius 1 is 1.22 bits per heavy atom. The van der Waals surface area contributed by atoms with E-state index in [9.17, 15) is 4.79 Å². The van der Waals surface area contributed by atoms with Gasteiger partial charge in [0, 0.05) is 32.2 Å². The molecule has 0 saturated heterocycles. The van der Waals surface area contributed by atoms with Crippen LogP contribution in [0.1, 0.15) is 15.9 Å². The van der Waals surface area contributed by atoms with Crippen molar-refractivity contribution in [3.63, 3.8) is 0 Å². The summed E-state index contributed by atoms with van der Waals surface area (Å²) in [5.74, 6) is 0.425. The van der Waals surface area contributed by atoms with Crippen LogP contribution < -0.4 is 10.6 Å². The number of carbonyl (C=O) groups is 1. The molecule has 92 valence electrons. The SMILES string of the molecule is CNc1ncccc1C(=O)NCc1ccncc1. The molecule has 2 N–H and O–H groups in total. The van der Waals surface area contributed by atoms with Crippen LogP contribution in [0, 0.1) is 0 Å². The van der Waals surface area contributed by atoms with Crippen molar-refractivity contribution in [2.24, 2.45) is 0 Å². The Kier molecular flexibility index (Phi) is 3.86. The lowest BCUT2D eigenvalue weighted by atomic mass is 10.2. The zero-order valence-electron chi connectivity index (χ0n) is 10.1. The van der Waals surface area contributed by atoms with Crippen molar-refractivity contribution < 1.29 is 4.79 Å². The second kappa shape index (κ2) is 5.77. The van der Waals surface area contributed by atoms with Crippen molar-refractivity contribution in [3.05, 3.63) is 54.0 Å². The lowest BCUT2D eigenvalue weighted by molar-refractivity contribution is 0.0951. The molecule has 0 unspecified atom stereocenters. The van der Waals surface area contributed by atoms with Crippen LogP contribution >= 0.6 is 0 Å². The molecule has 2 heterocycles. The van der Waals surface area contributed by atoms with Crippen molar-refractivity contribution in [3.8, 4) is 0 Å². The van der Waals surface area contributed by atoms with Crippen LogP contribution in [0.4, 0.5) is 5.82 Å². The first kappa shape index (κ1) is 12.0. The Hall–Kier alpha value is -2.43.